The van der Waals surface area contributed by atoms with Gasteiger partial charge in [-0.3, -0.25) is 0 Å². The van der Waals surface area contributed by atoms with E-state index in [-0.39, 0.29) is 6.04 Å². The normalized spacial score (nSPS) is 13.3. The molecule has 1 aromatic heterocycles. The molecule has 0 amide bonds. The highest BCUT2D eigenvalue weighted by Crippen LogP contribution is 2.30. The Balaban J connectivity index is 0.00000117. The Hall–Kier alpha value is -2.43. The predicted molar refractivity (Wildman–Crippen MR) is 111 cm³/mol. The number of hydrogen-bond acceptors (Lipinski definition) is 5. The first-order chi connectivity index (χ1) is 12.3. The van der Waals surface area contributed by atoms with Crippen molar-refractivity contribution in [3.05, 3.63) is 46.3 Å². The van der Waals surface area contributed by atoms with Crippen LogP contribution in [0.5, 0.6) is 0 Å². The Kier molecular flexibility index (Phi) is 6.35. The zero-order valence-electron chi connectivity index (χ0n) is 17.3. The first-order valence-electron chi connectivity index (χ1n) is 9.28. The third kappa shape index (κ3) is 4.21. The van der Waals surface area contributed by atoms with Crippen LogP contribution < -0.4 is 9.80 Å². The van der Waals surface area contributed by atoms with E-state index in [2.05, 4.69) is 58.0 Å². The molecule has 3 rings (SSSR count). The molecule has 1 heterocycles. The van der Waals surface area contributed by atoms with Gasteiger partial charge < -0.3 is 9.80 Å². The molecule has 0 radical (unpaired) electrons. The number of fused-ring (bicyclic) bond motifs is 1. The molecule has 0 N–H and O–H groups in total. The first kappa shape index (κ1) is 19.9. The van der Waals surface area contributed by atoms with E-state index in [9.17, 15) is 0 Å². The van der Waals surface area contributed by atoms with Crippen LogP contribution in [0, 0.1) is 13.8 Å². The first-order valence-corrected chi connectivity index (χ1v) is 9.28. The van der Waals surface area contributed by atoms with Gasteiger partial charge in [0.25, 0.3) is 0 Å². The van der Waals surface area contributed by atoms with E-state index in [0.29, 0.717) is 11.9 Å². The maximum absolute atomic E-state index is 4.59. The predicted octanol–water partition coefficient (Wildman–Crippen LogP) is 4.05. The highest BCUT2D eigenvalue weighted by atomic mass is 15.3. The largest absolute Gasteiger partial charge is 0.347 e. The van der Waals surface area contributed by atoms with Crippen LogP contribution in [-0.2, 0) is 6.42 Å². The Morgan fingerprint density at radius 3 is 2.27 bits per heavy atom. The second kappa shape index (κ2) is 8.30. The molecule has 1 unspecified atom stereocenters. The minimum Gasteiger partial charge on any atom is -0.347 e. The number of nitrogens with zero attached hydrogens (tertiary/aromatic N) is 5. The van der Waals surface area contributed by atoms with Gasteiger partial charge in [-0.2, -0.15) is 15.0 Å². The van der Waals surface area contributed by atoms with Gasteiger partial charge in [-0.15, -0.1) is 0 Å². The van der Waals surface area contributed by atoms with Crippen LogP contribution >= 0.6 is 0 Å². The highest BCUT2D eigenvalue weighted by molar-refractivity contribution is 5.66. The molecule has 0 fully saturated rings. The van der Waals surface area contributed by atoms with Crippen molar-refractivity contribution < 1.29 is 0 Å². The van der Waals surface area contributed by atoms with E-state index in [1.54, 1.807) is 0 Å². The van der Waals surface area contributed by atoms with Crippen LogP contribution in [-0.4, -0.2) is 42.1 Å². The summed E-state index contributed by atoms with van der Waals surface area (Å²) in [7, 11) is 5.94. The van der Waals surface area contributed by atoms with E-state index in [1.165, 1.54) is 22.3 Å². The summed E-state index contributed by atoms with van der Waals surface area (Å²) in [5, 5.41) is 0. The van der Waals surface area contributed by atoms with Gasteiger partial charge in [0.05, 0.1) is 6.04 Å². The minimum absolute atomic E-state index is 0.231. The lowest BCUT2D eigenvalue weighted by Gasteiger charge is -2.27. The van der Waals surface area contributed by atoms with Gasteiger partial charge in [0.1, 0.15) is 5.82 Å². The molecule has 26 heavy (non-hydrogen) atoms. The summed E-state index contributed by atoms with van der Waals surface area (Å²) in [6, 6.07) is 6.89. The van der Waals surface area contributed by atoms with Gasteiger partial charge in [-0.1, -0.05) is 43.7 Å². The molecule has 0 saturated carbocycles. The van der Waals surface area contributed by atoms with Crippen molar-refractivity contribution in [2.24, 2.45) is 0 Å². The van der Waals surface area contributed by atoms with Gasteiger partial charge in [0, 0.05) is 21.1 Å². The van der Waals surface area contributed by atoms with E-state index >= 15 is 0 Å². The minimum atomic E-state index is 0.231. The van der Waals surface area contributed by atoms with E-state index in [0.717, 1.165) is 12.2 Å². The maximum Gasteiger partial charge on any atom is 0.230 e. The fourth-order valence-corrected chi connectivity index (χ4v) is 3.00. The van der Waals surface area contributed by atoms with Crippen molar-refractivity contribution in [3.8, 4) is 0 Å². The van der Waals surface area contributed by atoms with Gasteiger partial charge >= 0.3 is 0 Å². The number of aromatic nitrogens is 3. The quantitative estimate of drug-likeness (QED) is 0.830. The summed E-state index contributed by atoms with van der Waals surface area (Å²) in [6.45, 7) is 10.3. The molecule has 1 aliphatic rings. The Bertz CT molecular complexity index is 795. The van der Waals surface area contributed by atoms with Crippen LogP contribution in [0.1, 0.15) is 43.3 Å². The number of anilines is 2. The molecule has 140 valence electrons. The lowest BCUT2D eigenvalue weighted by molar-refractivity contribution is 0.731. The molecule has 0 saturated heterocycles. The maximum atomic E-state index is 4.59. The third-order valence-corrected chi connectivity index (χ3v) is 4.59. The van der Waals surface area contributed by atoms with Crippen molar-refractivity contribution in [1.29, 1.82) is 0 Å². The van der Waals surface area contributed by atoms with Crippen LogP contribution in [0.4, 0.5) is 11.9 Å². The Morgan fingerprint density at radius 2 is 1.62 bits per heavy atom. The average Bonchev–Trinajstić information content (AvgIpc) is 3.04. The summed E-state index contributed by atoms with van der Waals surface area (Å²) in [5.41, 5.74) is 5.44. The smallest absolute Gasteiger partial charge is 0.230 e. The number of benzene rings is 1. The molecule has 1 atom stereocenters. The molecule has 2 aromatic rings. The fraction of sp³-hybridized carbons (Fsp3) is 0.476. The second-order valence-electron chi connectivity index (χ2n) is 6.76. The molecule has 0 aliphatic heterocycles. The SMILES string of the molecule is CC.Cc1ccc2c(c1)CC(C(C)N(C)c1nc(C)nc(N(C)C)n1)=C2. The van der Waals surface area contributed by atoms with Crippen LogP contribution in [0.25, 0.3) is 6.08 Å². The zero-order valence-corrected chi connectivity index (χ0v) is 17.3. The topological polar surface area (TPSA) is 45.2 Å². The molecular weight excluding hydrogens is 322 g/mol. The van der Waals surface area contributed by atoms with Gasteiger partial charge in [-0.25, -0.2) is 0 Å². The van der Waals surface area contributed by atoms with Gasteiger partial charge in [0.2, 0.25) is 11.9 Å². The summed E-state index contributed by atoms with van der Waals surface area (Å²) >= 11 is 0. The number of rotatable bonds is 4. The summed E-state index contributed by atoms with van der Waals surface area (Å²) in [6.07, 6.45) is 3.30. The van der Waals surface area contributed by atoms with Crippen LogP contribution in [0.2, 0.25) is 0 Å². The van der Waals surface area contributed by atoms with Crippen LogP contribution in [0.15, 0.2) is 23.8 Å². The molecule has 5 nitrogen and oxygen atoms in total. The molecule has 0 bridgehead atoms. The van der Waals surface area contributed by atoms with E-state index in [1.807, 2.05) is 46.8 Å². The summed E-state index contributed by atoms with van der Waals surface area (Å²) < 4.78 is 0. The van der Waals surface area contributed by atoms with E-state index < -0.39 is 0 Å². The van der Waals surface area contributed by atoms with Crippen LogP contribution in [0.3, 0.4) is 0 Å². The molecule has 5 heteroatoms. The van der Waals surface area contributed by atoms with Crippen molar-refractivity contribution >= 4 is 18.0 Å². The van der Waals surface area contributed by atoms with E-state index in [4.69, 9.17) is 0 Å². The number of likely N-dealkylation sites (N-methyl/N-ethyl adjacent to an activating group) is 1. The summed E-state index contributed by atoms with van der Waals surface area (Å²) in [4.78, 5) is 17.5. The molecule has 1 aliphatic carbocycles. The lowest BCUT2D eigenvalue weighted by atomic mass is 10.0. The monoisotopic (exact) mass is 353 g/mol. The Labute approximate surface area is 157 Å². The van der Waals surface area contributed by atoms with Crippen molar-refractivity contribution in [2.45, 2.75) is 47.1 Å². The zero-order chi connectivity index (χ0) is 19.4. The average molecular weight is 354 g/mol. The standard InChI is InChI=1S/C19H25N5.C2H6/c1-12-7-8-15-10-16(11-17(15)9-12)13(2)24(6)19-21-14(3)20-18(22-19)23(4)5;1-2/h7-10,13H,11H2,1-6H3;1-2H3. The molecule has 1 aromatic carbocycles. The third-order valence-electron chi connectivity index (χ3n) is 4.59. The molecule has 0 spiro atoms. The Morgan fingerprint density at radius 1 is 0.962 bits per heavy atom. The molecular formula is C21H31N5. The summed E-state index contributed by atoms with van der Waals surface area (Å²) in [5.74, 6) is 2.14. The number of aryl methyl sites for hydroxylation is 2. The second-order valence-corrected chi connectivity index (χ2v) is 6.76. The van der Waals surface area contributed by atoms with Gasteiger partial charge in [-0.05, 0) is 43.9 Å². The van der Waals surface area contributed by atoms with Crippen molar-refractivity contribution in [2.75, 3.05) is 30.9 Å². The fourth-order valence-electron chi connectivity index (χ4n) is 3.00. The lowest BCUT2D eigenvalue weighted by Crippen LogP contribution is -2.33. The van der Waals surface area contributed by atoms with Crippen molar-refractivity contribution in [1.82, 2.24) is 15.0 Å². The van der Waals surface area contributed by atoms with Crippen molar-refractivity contribution in [3.63, 3.8) is 0 Å². The number of hydrogen-bond donors (Lipinski definition) is 0. The highest BCUT2D eigenvalue weighted by Gasteiger charge is 2.23. The van der Waals surface area contributed by atoms with Gasteiger partial charge in [0.15, 0.2) is 0 Å².